The molecular weight excluding hydrogens is 426 g/mol. The maximum atomic E-state index is 12.6. The number of hydrogen-bond donors (Lipinski definition) is 1. The predicted octanol–water partition coefficient (Wildman–Crippen LogP) is 5.53. The highest BCUT2D eigenvalue weighted by atomic mass is 32.1. The van der Waals surface area contributed by atoms with Crippen LogP contribution in [0.1, 0.15) is 28.4 Å². The van der Waals surface area contributed by atoms with E-state index in [1.54, 1.807) is 32.2 Å². The molecule has 0 saturated carbocycles. The zero-order chi connectivity index (χ0) is 22.9. The maximum absolute atomic E-state index is 12.6. The SMILES string of the molecule is CCOC(=O)c1c(-c2ccc(C)cc2)csc1NC(=O)/C=C/c1ccc(OCOC)cc1. The molecule has 0 radical (unpaired) electrons. The molecule has 1 aromatic heterocycles. The second-order valence-electron chi connectivity index (χ2n) is 6.88. The minimum absolute atomic E-state index is 0.172. The fourth-order valence-corrected chi connectivity index (χ4v) is 3.89. The summed E-state index contributed by atoms with van der Waals surface area (Å²) >= 11 is 1.29. The predicted molar refractivity (Wildman–Crippen MR) is 127 cm³/mol. The summed E-state index contributed by atoms with van der Waals surface area (Å²) in [4.78, 5) is 25.2. The van der Waals surface area contributed by atoms with Crippen molar-refractivity contribution in [2.24, 2.45) is 0 Å². The van der Waals surface area contributed by atoms with Gasteiger partial charge in [0.25, 0.3) is 0 Å². The Labute approximate surface area is 191 Å². The Morgan fingerprint density at radius 1 is 1.06 bits per heavy atom. The van der Waals surface area contributed by atoms with Gasteiger partial charge in [0.2, 0.25) is 5.91 Å². The molecule has 1 heterocycles. The van der Waals surface area contributed by atoms with Crippen molar-refractivity contribution in [3.63, 3.8) is 0 Å². The Bertz CT molecular complexity index is 1080. The van der Waals surface area contributed by atoms with Crippen LogP contribution < -0.4 is 10.1 Å². The minimum Gasteiger partial charge on any atom is -0.468 e. The lowest BCUT2D eigenvalue weighted by Gasteiger charge is -2.08. The summed E-state index contributed by atoms with van der Waals surface area (Å²) in [6.07, 6.45) is 3.11. The van der Waals surface area contributed by atoms with Gasteiger partial charge in [0, 0.05) is 24.1 Å². The smallest absolute Gasteiger partial charge is 0.341 e. The number of nitrogens with one attached hydrogen (secondary N) is 1. The molecule has 0 aliphatic rings. The molecule has 0 aliphatic heterocycles. The van der Waals surface area contributed by atoms with Crippen molar-refractivity contribution in [3.05, 3.63) is 76.7 Å². The number of anilines is 1. The van der Waals surface area contributed by atoms with Crippen molar-refractivity contribution in [1.29, 1.82) is 0 Å². The zero-order valence-corrected chi connectivity index (χ0v) is 19.0. The molecule has 0 unspecified atom stereocenters. The molecule has 1 amide bonds. The normalized spacial score (nSPS) is 10.8. The Kier molecular flexibility index (Phi) is 8.19. The van der Waals surface area contributed by atoms with Gasteiger partial charge in [-0.1, -0.05) is 42.0 Å². The number of ether oxygens (including phenoxy) is 3. The Hall–Kier alpha value is -3.42. The summed E-state index contributed by atoms with van der Waals surface area (Å²) in [5.74, 6) is -0.127. The first-order valence-electron chi connectivity index (χ1n) is 10.1. The average molecular weight is 452 g/mol. The van der Waals surface area contributed by atoms with Crippen LogP contribution in [0.25, 0.3) is 17.2 Å². The van der Waals surface area contributed by atoms with E-state index < -0.39 is 5.97 Å². The first-order chi connectivity index (χ1) is 15.5. The van der Waals surface area contributed by atoms with Crippen molar-refractivity contribution in [1.82, 2.24) is 0 Å². The molecule has 32 heavy (non-hydrogen) atoms. The Morgan fingerprint density at radius 3 is 2.44 bits per heavy atom. The van der Waals surface area contributed by atoms with Gasteiger partial charge >= 0.3 is 5.97 Å². The number of thiophene rings is 1. The lowest BCUT2D eigenvalue weighted by atomic mass is 10.0. The summed E-state index contributed by atoms with van der Waals surface area (Å²) in [5.41, 5.74) is 3.95. The van der Waals surface area contributed by atoms with Gasteiger partial charge in [-0.3, -0.25) is 4.79 Å². The molecule has 3 aromatic rings. The molecule has 0 spiro atoms. The lowest BCUT2D eigenvalue weighted by Crippen LogP contribution is -2.12. The number of esters is 1. The quantitative estimate of drug-likeness (QED) is 0.263. The summed E-state index contributed by atoms with van der Waals surface area (Å²) in [7, 11) is 1.56. The molecule has 0 bridgehead atoms. The van der Waals surface area contributed by atoms with Crippen LogP contribution in [0.3, 0.4) is 0 Å². The van der Waals surface area contributed by atoms with Crippen molar-refractivity contribution in [2.45, 2.75) is 13.8 Å². The third kappa shape index (κ3) is 6.06. The molecule has 6 nitrogen and oxygen atoms in total. The first-order valence-corrected chi connectivity index (χ1v) is 11.0. The van der Waals surface area contributed by atoms with E-state index in [9.17, 15) is 9.59 Å². The summed E-state index contributed by atoms with van der Waals surface area (Å²) in [5, 5.41) is 5.12. The molecule has 0 saturated heterocycles. The number of carbonyl (C=O) groups excluding carboxylic acids is 2. The van der Waals surface area contributed by atoms with Crippen molar-refractivity contribution in [3.8, 4) is 16.9 Å². The second-order valence-corrected chi connectivity index (χ2v) is 7.76. The molecule has 166 valence electrons. The molecule has 1 N–H and O–H groups in total. The van der Waals surface area contributed by atoms with Crippen LogP contribution >= 0.6 is 11.3 Å². The largest absolute Gasteiger partial charge is 0.468 e. The zero-order valence-electron chi connectivity index (χ0n) is 18.2. The highest BCUT2D eigenvalue weighted by molar-refractivity contribution is 7.15. The number of benzene rings is 2. The van der Waals surface area contributed by atoms with Crippen LogP contribution in [0, 0.1) is 6.92 Å². The first kappa shape index (κ1) is 23.2. The van der Waals surface area contributed by atoms with Crippen molar-refractivity contribution in [2.75, 3.05) is 25.8 Å². The second kappa shape index (κ2) is 11.3. The van der Waals surface area contributed by atoms with E-state index >= 15 is 0 Å². The molecule has 3 rings (SSSR count). The Balaban J connectivity index is 1.77. The van der Waals surface area contributed by atoms with Crippen LogP contribution in [0.4, 0.5) is 5.00 Å². The fraction of sp³-hybridized carbons (Fsp3) is 0.200. The molecule has 7 heteroatoms. The highest BCUT2D eigenvalue weighted by Gasteiger charge is 2.22. The standard InChI is InChI=1S/C25H25NO5S/c1-4-30-25(28)23-21(19-10-5-17(2)6-11-19)15-32-24(23)26-22(27)14-9-18-7-12-20(13-8-18)31-16-29-3/h5-15H,4,16H2,1-3H3,(H,26,27)/b14-9+. The summed E-state index contributed by atoms with van der Waals surface area (Å²) < 4.78 is 15.5. The van der Waals surface area contributed by atoms with E-state index in [2.05, 4.69) is 5.32 Å². The molecule has 0 atom stereocenters. The van der Waals surface area contributed by atoms with E-state index in [4.69, 9.17) is 14.2 Å². The third-order valence-corrected chi connectivity index (χ3v) is 5.42. The number of amides is 1. The van der Waals surface area contributed by atoms with Gasteiger partial charge in [-0.05, 0) is 43.2 Å². The maximum Gasteiger partial charge on any atom is 0.341 e. The van der Waals surface area contributed by atoms with Crippen LogP contribution in [0.5, 0.6) is 5.75 Å². The molecule has 2 aromatic carbocycles. The number of aryl methyl sites for hydroxylation is 1. The van der Waals surface area contributed by atoms with E-state index in [-0.39, 0.29) is 19.3 Å². The van der Waals surface area contributed by atoms with Crippen molar-refractivity contribution >= 4 is 34.3 Å². The fourth-order valence-electron chi connectivity index (χ4n) is 2.93. The highest BCUT2D eigenvalue weighted by Crippen LogP contribution is 2.36. The van der Waals surface area contributed by atoms with Crippen LogP contribution in [-0.4, -0.2) is 32.4 Å². The third-order valence-electron chi connectivity index (χ3n) is 4.52. The molecule has 0 aliphatic carbocycles. The van der Waals surface area contributed by atoms with Gasteiger partial charge in [-0.2, -0.15) is 0 Å². The monoisotopic (exact) mass is 451 g/mol. The van der Waals surface area contributed by atoms with E-state index in [0.717, 1.165) is 22.3 Å². The van der Waals surface area contributed by atoms with Gasteiger partial charge in [0.15, 0.2) is 6.79 Å². The van der Waals surface area contributed by atoms with E-state index in [0.29, 0.717) is 16.3 Å². The molecular formula is C25H25NO5S. The lowest BCUT2D eigenvalue weighted by molar-refractivity contribution is -0.111. The van der Waals surface area contributed by atoms with Gasteiger partial charge in [0.1, 0.15) is 16.3 Å². The van der Waals surface area contributed by atoms with E-state index in [1.807, 2.05) is 48.7 Å². The Morgan fingerprint density at radius 2 is 1.78 bits per heavy atom. The minimum atomic E-state index is -0.463. The van der Waals surface area contributed by atoms with Crippen LogP contribution in [-0.2, 0) is 14.3 Å². The summed E-state index contributed by atoms with van der Waals surface area (Å²) in [6.45, 7) is 4.18. The van der Waals surface area contributed by atoms with Crippen LogP contribution in [0.2, 0.25) is 0 Å². The van der Waals surface area contributed by atoms with Crippen molar-refractivity contribution < 1.29 is 23.8 Å². The van der Waals surface area contributed by atoms with E-state index in [1.165, 1.54) is 17.4 Å². The molecule has 0 fully saturated rings. The number of hydrogen-bond acceptors (Lipinski definition) is 6. The van der Waals surface area contributed by atoms with Gasteiger partial charge in [-0.25, -0.2) is 4.79 Å². The number of carbonyl (C=O) groups is 2. The van der Waals surface area contributed by atoms with Gasteiger partial charge in [-0.15, -0.1) is 11.3 Å². The average Bonchev–Trinajstić information content (AvgIpc) is 3.21. The number of rotatable bonds is 9. The van der Waals surface area contributed by atoms with Gasteiger partial charge < -0.3 is 19.5 Å². The van der Waals surface area contributed by atoms with Gasteiger partial charge in [0.05, 0.1) is 6.61 Å². The summed E-state index contributed by atoms with van der Waals surface area (Å²) in [6, 6.07) is 15.1. The number of methoxy groups -OCH3 is 1. The topological polar surface area (TPSA) is 73.9 Å². The van der Waals surface area contributed by atoms with Crippen LogP contribution in [0.15, 0.2) is 60.0 Å².